The third-order valence-corrected chi connectivity index (χ3v) is 6.55. The van der Waals surface area contributed by atoms with E-state index < -0.39 is 0 Å². The standard InChI is InChI=1S/C21H19FN6OS2/c1-26-6-8-27(9-7-26)17-5-3-14(11-15(17)22)28-12-23-16-4-2-13(24-19(16)28)10-18-20(29)25-21(30)31-18/h2-5,10-12H,6-9H2,1H3,(H,25,29,30). The molecule has 31 heavy (non-hydrogen) atoms. The van der Waals surface area contributed by atoms with Gasteiger partial charge in [-0.2, -0.15) is 0 Å². The predicted molar refractivity (Wildman–Crippen MR) is 125 cm³/mol. The first-order valence-electron chi connectivity index (χ1n) is 9.80. The maximum atomic E-state index is 15.0. The van der Waals surface area contributed by atoms with Gasteiger partial charge in [0.15, 0.2) is 5.65 Å². The SMILES string of the molecule is CN1CCN(c2ccc(-n3cnc4ccc(C=C5SC(=S)NC5=O)nc43)cc2F)CC1. The number of carbonyl (C=O) groups excluding carboxylic acids is 1. The zero-order chi connectivity index (χ0) is 21.5. The number of carbonyl (C=O) groups is 1. The van der Waals surface area contributed by atoms with Crippen molar-refractivity contribution in [3.63, 3.8) is 0 Å². The summed E-state index contributed by atoms with van der Waals surface area (Å²) < 4.78 is 17.2. The highest BCUT2D eigenvalue weighted by atomic mass is 32.2. The topological polar surface area (TPSA) is 66.3 Å². The number of benzene rings is 1. The number of halogens is 1. The Bertz CT molecular complexity index is 1230. The zero-order valence-electron chi connectivity index (χ0n) is 16.7. The van der Waals surface area contributed by atoms with Crippen LogP contribution in [0.3, 0.4) is 0 Å². The molecule has 0 unspecified atom stereocenters. The molecule has 2 saturated heterocycles. The van der Waals surface area contributed by atoms with Crippen molar-refractivity contribution in [1.82, 2.24) is 24.8 Å². The minimum absolute atomic E-state index is 0.230. The van der Waals surface area contributed by atoms with E-state index in [9.17, 15) is 9.18 Å². The van der Waals surface area contributed by atoms with Crippen LogP contribution >= 0.6 is 24.0 Å². The highest BCUT2D eigenvalue weighted by Crippen LogP contribution is 2.27. The van der Waals surface area contributed by atoms with Gasteiger partial charge >= 0.3 is 0 Å². The van der Waals surface area contributed by atoms with Crippen LogP contribution < -0.4 is 10.2 Å². The van der Waals surface area contributed by atoms with E-state index >= 15 is 0 Å². The number of thiocarbonyl (C=S) groups is 1. The fourth-order valence-corrected chi connectivity index (χ4v) is 4.71. The van der Waals surface area contributed by atoms with Crippen molar-refractivity contribution in [1.29, 1.82) is 0 Å². The van der Waals surface area contributed by atoms with Crippen LogP contribution in [0.15, 0.2) is 41.6 Å². The molecule has 0 atom stereocenters. The molecule has 0 bridgehead atoms. The van der Waals surface area contributed by atoms with Gasteiger partial charge in [-0.25, -0.2) is 14.4 Å². The van der Waals surface area contributed by atoms with Crippen LogP contribution in [0.5, 0.6) is 0 Å². The third kappa shape index (κ3) is 3.93. The molecular formula is C21H19FN6OS2. The van der Waals surface area contributed by atoms with Crippen LogP contribution in [-0.4, -0.2) is 62.9 Å². The quantitative estimate of drug-likeness (QED) is 0.482. The first kappa shape index (κ1) is 20.1. The molecule has 7 nitrogen and oxygen atoms in total. The normalized spacial score (nSPS) is 18.9. The minimum atomic E-state index is -0.269. The molecule has 0 aliphatic carbocycles. The fraction of sp³-hybridized carbons (Fsp3) is 0.238. The molecule has 2 fully saturated rings. The molecule has 1 N–H and O–H groups in total. The van der Waals surface area contributed by atoms with E-state index in [4.69, 9.17) is 12.2 Å². The first-order valence-corrected chi connectivity index (χ1v) is 11.0. The number of pyridine rings is 1. The first-order chi connectivity index (χ1) is 15.0. The predicted octanol–water partition coefficient (Wildman–Crippen LogP) is 2.80. The number of amides is 1. The zero-order valence-corrected chi connectivity index (χ0v) is 18.3. The number of anilines is 1. The van der Waals surface area contributed by atoms with Crippen LogP contribution in [0.4, 0.5) is 10.1 Å². The van der Waals surface area contributed by atoms with Gasteiger partial charge in [0.1, 0.15) is 22.0 Å². The molecule has 2 aliphatic rings. The smallest absolute Gasteiger partial charge is 0.263 e. The number of nitrogens with zero attached hydrogens (tertiary/aromatic N) is 5. The molecular weight excluding hydrogens is 435 g/mol. The third-order valence-electron chi connectivity index (χ3n) is 5.39. The average molecular weight is 455 g/mol. The second-order valence-corrected chi connectivity index (χ2v) is 9.19. The van der Waals surface area contributed by atoms with E-state index in [0.717, 1.165) is 26.2 Å². The Hall–Kier alpha value is -2.82. The van der Waals surface area contributed by atoms with Crippen LogP contribution in [0.25, 0.3) is 22.9 Å². The summed E-state index contributed by atoms with van der Waals surface area (Å²) in [6.45, 7) is 3.43. The molecule has 158 valence electrons. The summed E-state index contributed by atoms with van der Waals surface area (Å²) in [6.07, 6.45) is 3.32. The lowest BCUT2D eigenvalue weighted by Crippen LogP contribution is -2.44. The maximum Gasteiger partial charge on any atom is 0.263 e. The monoisotopic (exact) mass is 454 g/mol. The van der Waals surface area contributed by atoms with Crippen LogP contribution in [-0.2, 0) is 4.79 Å². The van der Waals surface area contributed by atoms with Gasteiger partial charge in [-0.3, -0.25) is 9.36 Å². The molecule has 0 radical (unpaired) electrons. The van der Waals surface area contributed by atoms with Crippen molar-refractivity contribution in [2.24, 2.45) is 0 Å². The minimum Gasteiger partial charge on any atom is -0.367 e. The van der Waals surface area contributed by atoms with Crippen molar-refractivity contribution >= 4 is 57.1 Å². The summed E-state index contributed by atoms with van der Waals surface area (Å²) in [5.74, 6) is -0.498. The van der Waals surface area contributed by atoms with Crippen LogP contribution in [0.2, 0.25) is 0 Å². The van der Waals surface area contributed by atoms with E-state index in [0.29, 0.717) is 37.5 Å². The molecule has 1 amide bonds. The van der Waals surface area contributed by atoms with Gasteiger partial charge in [0, 0.05) is 32.2 Å². The lowest BCUT2D eigenvalue weighted by molar-refractivity contribution is -0.115. The Balaban J connectivity index is 1.47. The number of rotatable bonds is 3. The molecule has 2 aromatic heterocycles. The second kappa shape index (κ2) is 8.03. The highest BCUT2D eigenvalue weighted by Gasteiger charge is 2.22. The fourth-order valence-electron chi connectivity index (χ4n) is 3.68. The molecule has 3 aromatic rings. The Labute approximate surface area is 187 Å². The van der Waals surface area contributed by atoms with Crippen molar-refractivity contribution in [2.75, 3.05) is 38.1 Å². The summed E-state index contributed by atoms with van der Waals surface area (Å²) in [5.41, 5.74) is 3.13. The summed E-state index contributed by atoms with van der Waals surface area (Å²) >= 11 is 6.23. The van der Waals surface area contributed by atoms with E-state index in [2.05, 4.69) is 32.1 Å². The molecule has 2 aliphatic heterocycles. The largest absolute Gasteiger partial charge is 0.367 e. The summed E-state index contributed by atoms with van der Waals surface area (Å²) in [7, 11) is 2.07. The molecule has 5 rings (SSSR count). The summed E-state index contributed by atoms with van der Waals surface area (Å²) in [6, 6.07) is 8.83. The van der Waals surface area contributed by atoms with Gasteiger partial charge in [-0.15, -0.1) is 0 Å². The van der Waals surface area contributed by atoms with Gasteiger partial charge in [0.05, 0.1) is 22.0 Å². The average Bonchev–Trinajstić information content (AvgIpc) is 3.31. The Morgan fingerprint density at radius 3 is 2.71 bits per heavy atom. The summed E-state index contributed by atoms with van der Waals surface area (Å²) in [5, 5.41) is 2.59. The van der Waals surface area contributed by atoms with Crippen molar-refractivity contribution in [3.05, 3.63) is 53.1 Å². The van der Waals surface area contributed by atoms with Crippen LogP contribution in [0.1, 0.15) is 5.69 Å². The Kier molecular flexibility index (Phi) is 5.20. The molecule has 0 spiro atoms. The van der Waals surface area contributed by atoms with Crippen molar-refractivity contribution < 1.29 is 9.18 Å². The van der Waals surface area contributed by atoms with E-state index in [1.807, 2.05) is 18.2 Å². The Morgan fingerprint density at radius 1 is 1.19 bits per heavy atom. The van der Waals surface area contributed by atoms with Crippen molar-refractivity contribution in [3.8, 4) is 5.69 Å². The van der Waals surface area contributed by atoms with E-state index in [1.165, 1.54) is 17.8 Å². The number of imidazole rings is 1. The maximum absolute atomic E-state index is 15.0. The molecule has 10 heteroatoms. The number of piperazine rings is 1. The van der Waals surface area contributed by atoms with Gasteiger partial charge in [-0.1, -0.05) is 24.0 Å². The lowest BCUT2D eigenvalue weighted by atomic mass is 10.2. The number of likely N-dealkylation sites (N-methyl/N-ethyl adjacent to an activating group) is 1. The molecule has 1 aromatic carbocycles. The van der Waals surface area contributed by atoms with Gasteiger partial charge in [0.25, 0.3) is 5.91 Å². The number of hydrogen-bond acceptors (Lipinski definition) is 7. The number of aromatic nitrogens is 3. The van der Waals surface area contributed by atoms with Crippen molar-refractivity contribution in [2.45, 2.75) is 0 Å². The van der Waals surface area contributed by atoms with Gasteiger partial charge < -0.3 is 15.1 Å². The number of hydrogen-bond donors (Lipinski definition) is 1. The Morgan fingerprint density at radius 2 is 2.00 bits per heavy atom. The second-order valence-electron chi connectivity index (χ2n) is 7.47. The van der Waals surface area contributed by atoms with Gasteiger partial charge in [0.2, 0.25) is 0 Å². The number of nitrogens with one attached hydrogen (secondary N) is 1. The number of thioether (sulfide) groups is 1. The molecule has 4 heterocycles. The summed E-state index contributed by atoms with van der Waals surface area (Å²) in [4.78, 5) is 25.7. The van der Waals surface area contributed by atoms with Crippen LogP contribution in [0, 0.1) is 5.82 Å². The van der Waals surface area contributed by atoms with E-state index in [1.54, 1.807) is 23.0 Å². The van der Waals surface area contributed by atoms with Gasteiger partial charge in [-0.05, 0) is 37.4 Å². The van der Waals surface area contributed by atoms with E-state index in [-0.39, 0.29) is 11.7 Å². The number of fused-ring (bicyclic) bond motifs is 1. The lowest BCUT2D eigenvalue weighted by Gasteiger charge is -2.34. The highest BCUT2D eigenvalue weighted by molar-refractivity contribution is 8.26. The molecule has 0 saturated carbocycles.